The topological polar surface area (TPSA) is 95.3 Å². The molecule has 8 heteroatoms. The molecule has 31 heavy (non-hydrogen) atoms. The zero-order chi connectivity index (χ0) is 21.8. The fourth-order valence-corrected chi connectivity index (χ4v) is 4.59. The molecule has 4 rings (SSSR count). The molecule has 1 aliphatic carbocycles. The van der Waals surface area contributed by atoms with Gasteiger partial charge in [-0.05, 0) is 57.0 Å². The number of nitrogens with two attached hydrogens (primary N) is 1. The molecule has 1 unspecified atom stereocenters. The van der Waals surface area contributed by atoms with E-state index in [1.807, 2.05) is 25.2 Å². The van der Waals surface area contributed by atoms with Crippen LogP contribution in [0, 0.1) is 5.82 Å². The van der Waals surface area contributed by atoms with Crippen LogP contribution >= 0.6 is 0 Å². The summed E-state index contributed by atoms with van der Waals surface area (Å²) in [7, 11) is 1.92. The van der Waals surface area contributed by atoms with Gasteiger partial charge in [-0.2, -0.15) is 0 Å². The largest absolute Gasteiger partial charge is 0.371 e. The van der Waals surface area contributed by atoms with Crippen LogP contribution in [0.2, 0.25) is 0 Å². The number of likely N-dealkylation sites (N-methyl/N-ethyl adjacent to an activating group) is 1. The van der Waals surface area contributed by atoms with Crippen molar-refractivity contribution in [2.45, 2.75) is 50.6 Å². The normalized spacial score (nSPS) is 21.2. The van der Waals surface area contributed by atoms with Crippen LogP contribution in [-0.4, -0.2) is 43.1 Å². The van der Waals surface area contributed by atoms with Crippen LogP contribution in [-0.2, 0) is 0 Å². The lowest BCUT2D eigenvalue weighted by atomic mass is 9.90. The lowest BCUT2D eigenvalue weighted by Crippen LogP contribution is -2.45. The predicted molar refractivity (Wildman–Crippen MR) is 123 cm³/mol. The molecule has 5 N–H and O–H groups in total. The Bertz CT molecular complexity index is 930. The second-order valence-electron chi connectivity index (χ2n) is 8.38. The van der Waals surface area contributed by atoms with Crippen molar-refractivity contribution in [3.8, 4) is 0 Å². The molecule has 2 atom stereocenters. The summed E-state index contributed by atoms with van der Waals surface area (Å²) >= 11 is 0. The first-order valence-corrected chi connectivity index (χ1v) is 11.1. The van der Waals surface area contributed by atoms with Gasteiger partial charge in [0.15, 0.2) is 11.6 Å². The number of aromatic nitrogens is 1. The third-order valence-electron chi connectivity index (χ3n) is 6.28. The summed E-state index contributed by atoms with van der Waals surface area (Å²) in [4.78, 5) is 18.7. The molecule has 0 bridgehead atoms. The number of benzene rings is 1. The standard InChI is InChI=1S/C23H31FN6O/c1-26-19-9-2-3-10-20(19)28-23-18(24)14-17(21(25)31)22(29-23)27-15-7-6-8-16(13-15)30-11-4-5-12-30/h6-8,13-14,19-20,26H,2-5,9-12H2,1H3,(H2,25,31)(H2,27,28,29)/t19?,20-/m1/s1. The SMILES string of the molecule is CNC1CCCC[C@H]1Nc1nc(Nc2cccc(N3CCCC3)c2)c(C(N)=O)cc1F. The average Bonchev–Trinajstić information content (AvgIpc) is 3.31. The first-order valence-electron chi connectivity index (χ1n) is 11.1. The number of halogens is 1. The summed E-state index contributed by atoms with van der Waals surface area (Å²) in [6.45, 7) is 2.07. The fraction of sp³-hybridized carbons (Fsp3) is 0.478. The number of pyridine rings is 1. The predicted octanol–water partition coefficient (Wildman–Crippen LogP) is 3.61. The molecular weight excluding hydrogens is 395 g/mol. The van der Waals surface area contributed by atoms with E-state index in [0.717, 1.165) is 50.1 Å². The molecule has 0 radical (unpaired) electrons. The van der Waals surface area contributed by atoms with Gasteiger partial charge >= 0.3 is 0 Å². The Morgan fingerprint density at radius 2 is 1.84 bits per heavy atom. The van der Waals surface area contributed by atoms with Gasteiger partial charge in [0.25, 0.3) is 5.91 Å². The number of carbonyl (C=O) groups excluding carboxylic acids is 1. The molecule has 1 aliphatic heterocycles. The molecule has 2 fully saturated rings. The zero-order valence-corrected chi connectivity index (χ0v) is 18.0. The van der Waals surface area contributed by atoms with Crippen molar-refractivity contribution in [2.24, 2.45) is 5.73 Å². The first-order chi connectivity index (χ1) is 15.0. The number of primary amides is 1. The summed E-state index contributed by atoms with van der Waals surface area (Å²) in [6.07, 6.45) is 6.58. The van der Waals surface area contributed by atoms with Crippen molar-refractivity contribution >= 4 is 28.9 Å². The van der Waals surface area contributed by atoms with Gasteiger partial charge in [-0.25, -0.2) is 9.37 Å². The summed E-state index contributed by atoms with van der Waals surface area (Å²) in [5.41, 5.74) is 7.45. The Hall–Kier alpha value is -2.87. The number of hydrogen-bond acceptors (Lipinski definition) is 6. The van der Waals surface area contributed by atoms with Gasteiger partial charge in [-0.15, -0.1) is 0 Å². The third kappa shape index (κ3) is 4.90. The van der Waals surface area contributed by atoms with Crippen LogP contribution in [0.15, 0.2) is 30.3 Å². The maximum Gasteiger partial charge on any atom is 0.252 e. The minimum absolute atomic E-state index is 0.0310. The van der Waals surface area contributed by atoms with E-state index in [1.54, 1.807) is 0 Å². The molecular formula is C23H31FN6O. The average molecular weight is 427 g/mol. The molecule has 1 amide bonds. The van der Waals surface area contributed by atoms with E-state index in [9.17, 15) is 9.18 Å². The highest BCUT2D eigenvalue weighted by atomic mass is 19.1. The van der Waals surface area contributed by atoms with Gasteiger partial charge in [-0.3, -0.25) is 4.79 Å². The summed E-state index contributed by atoms with van der Waals surface area (Å²) in [5.74, 6) is -0.908. The van der Waals surface area contributed by atoms with Gasteiger partial charge in [0.1, 0.15) is 5.82 Å². The Morgan fingerprint density at radius 3 is 2.55 bits per heavy atom. The van der Waals surface area contributed by atoms with E-state index < -0.39 is 11.7 Å². The molecule has 1 aromatic carbocycles. The van der Waals surface area contributed by atoms with Crippen LogP contribution < -0.4 is 26.6 Å². The van der Waals surface area contributed by atoms with E-state index in [2.05, 4.69) is 31.9 Å². The summed E-state index contributed by atoms with van der Waals surface area (Å²) in [6, 6.07) is 9.44. The molecule has 2 aliphatic rings. The second kappa shape index (κ2) is 9.51. The number of amides is 1. The lowest BCUT2D eigenvalue weighted by Gasteiger charge is -2.32. The molecule has 1 saturated heterocycles. The lowest BCUT2D eigenvalue weighted by molar-refractivity contribution is 0.100. The van der Waals surface area contributed by atoms with Gasteiger partial charge in [0, 0.05) is 36.5 Å². The Balaban J connectivity index is 1.61. The van der Waals surface area contributed by atoms with E-state index in [-0.39, 0.29) is 29.3 Å². The molecule has 2 heterocycles. The van der Waals surface area contributed by atoms with E-state index in [1.165, 1.54) is 18.9 Å². The summed E-state index contributed by atoms with van der Waals surface area (Å²) in [5, 5.41) is 9.74. The monoisotopic (exact) mass is 426 g/mol. The van der Waals surface area contributed by atoms with Gasteiger partial charge in [-0.1, -0.05) is 18.9 Å². The highest BCUT2D eigenvalue weighted by molar-refractivity contribution is 5.98. The highest BCUT2D eigenvalue weighted by Crippen LogP contribution is 2.29. The van der Waals surface area contributed by atoms with Crippen LogP contribution in [0.25, 0.3) is 0 Å². The first kappa shape index (κ1) is 21.4. The number of rotatable bonds is 7. The highest BCUT2D eigenvalue weighted by Gasteiger charge is 2.26. The summed E-state index contributed by atoms with van der Waals surface area (Å²) < 4.78 is 14.8. The van der Waals surface area contributed by atoms with Crippen LogP contribution in [0.3, 0.4) is 0 Å². The van der Waals surface area contributed by atoms with Gasteiger partial charge in [0.2, 0.25) is 0 Å². The maximum atomic E-state index is 14.8. The number of nitrogens with zero attached hydrogens (tertiary/aromatic N) is 2. The smallest absolute Gasteiger partial charge is 0.252 e. The number of anilines is 4. The Labute approximate surface area is 182 Å². The maximum absolute atomic E-state index is 14.8. The van der Waals surface area contributed by atoms with Crippen molar-refractivity contribution in [3.63, 3.8) is 0 Å². The van der Waals surface area contributed by atoms with Gasteiger partial charge < -0.3 is 26.6 Å². The van der Waals surface area contributed by atoms with Crippen LogP contribution in [0.1, 0.15) is 48.9 Å². The quantitative estimate of drug-likeness (QED) is 0.540. The third-order valence-corrected chi connectivity index (χ3v) is 6.28. The molecule has 7 nitrogen and oxygen atoms in total. The van der Waals surface area contributed by atoms with Crippen molar-refractivity contribution < 1.29 is 9.18 Å². The van der Waals surface area contributed by atoms with E-state index in [4.69, 9.17) is 5.73 Å². The van der Waals surface area contributed by atoms with Crippen molar-refractivity contribution in [1.29, 1.82) is 0 Å². The number of hydrogen-bond donors (Lipinski definition) is 4. The van der Waals surface area contributed by atoms with Crippen molar-refractivity contribution in [3.05, 3.63) is 41.7 Å². The fourth-order valence-electron chi connectivity index (χ4n) is 4.59. The van der Waals surface area contributed by atoms with Crippen molar-refractivity contribution in [1.82, 2.24) is 10.3 Å². The molecule has 1 saturated carbocycles. The molecule has 1 aromatic heterocycles. The Kier molecular flexibility index (Phi) is 6.56. The number of nitrogens with one attached hydrogen (secondary N) is 3. The molecule has 2 aromatic rings. The minimum Gasteiger partial charge on any atom is -0.371 e. The second-order valence-corrected chi connectivity index (χ2v) is 8.38. The van der Waals surface area contributed by atoms with E-state index in [0.29, 0.717) is 0 Å². The van der Waals surface area contributed by atoms with Crippen molar-refractivity contribution in [2.75, 3.05) is 35.7 Å². The van der Waals surface area contributed by atoms with Crippen LogP contribution in [0.4, 0.5) is 27.4 Å². The minimum atomic E-state index is -0.720. The molecule has 166 valence electrons. The Morgan fingerprint density at radius 1 is 1.10 bits per heavy atom. The van der Waals surface area contributed by atoms with Crippen LogP contribution in [0.5, 0.6) is 0 Å². The van der Waals surface area contributed by atoms with Gasteiger partial charge in [0.05, 0.1) is 5.56 Å². The zero-order valence-electron chi connectivity index (χ0n) is 18.0. The molecule has 0 spiro atoms. The number of carbonyl (C=O) groups is 1. The van der Waals surface area contributed by atoms with E-state index >= 15 is 0 Å².